The molecule has 0 radical (unpaired) electrons. The molecular weight excluding hydrogens is 266 g/mol. The first-order valence-corrected chi connectivity index (χ1v) is 6.83. The summed E-state index contributed by atoms with van der Waals surface area (Å²) in [6, 6.07) is 10.8. The van der Waals surface area contributed by atoms with Crippen LogP contribution in [0.1, 0.15) is 18.4 Å². The SMILES string of the molecule is O=C(CBr)N1CCCC1Cc1ccccc1. The zero-order chi connectivity index (χ0) is 11.4. The van der Waals surface area contributed by atoms with E-state index in [1.165, 1.54) is 5.56 Å². The molecule has 2 rings (SSSR count). The number of nitrogens with zero attached hydrogens (tertiary/aromatic N) is 1. The van der Waals surface area contributed by atoms with Crippen molar-refractivity contribution in [1.82, 2.24) is 4.90 Å². The van der Waals surface area contributed by atoms with Crippen LogP contribution in [-0.2, 0) is 11.2 Å². The molecule has 1 aromatic carbocycles. The normalized spacial score (nSPS) is 20.1. The summed E-state index contributed by atoms with van der Waals surface area (Å²) in [5.41, 5.74) is 1.32. The predicted octanol–water partition coefficient (Wildman–Crippen LogP) is 2.62. The average Bonchev–Trinajstić information content (AvgIpc) is 2.77. The van der Waals surface area contributed by atoms with Crippen molar-refractivity contribution >= 4 is 21.8 Å². The van der Waals surface area contributed by atoms with Gasteiger partial charge < -0.3 is 4.90 Å². The van der Waals surface area contributed by atoms with Crippen LogP contribution < -0.4 is 0 Å². The highest BCUT2D eigenvalue weighted by Gasteiger charge is 2.27. The van der Waals surface area contributed by atoms with Crippen LogP contribution in [0.4, 0.5) is 0 Å². The van der Waals surface area contributed by atoms with Crippen LogP contribution in [0.3, 0.4) is 0 Å². The number of alkyl halides is 1. The van der Waals surface area contributed by atoms with E-state index in [1.807, 2.05) is 11.0 Å². The highest BCUT2D eigenvalue weighted by Crippen LogP contribution is 2.21. The van der Waals surface area contributed by atoms with Gasteiger partial charge in [-0.05, 0) is 24.8 Å². The van der Waals surface area contributed by atoms with Gasteiger partial charge in [-0.3, -0.25) is 4.79 Å². The molecular formula is C13H16BrNO. The van der Waals surface area contributed by atoms with Crippen molar-refractivity contribution in [2.75, 3.05) is 11.9 Å². The van der Waals surface area contributed by atoms with Gasteiger partial charge in [0.15, 0.2) is 0 Å². The summed E-state index contributed by atoms with van der Waals surface area (Å²) in [5, 5.41) is 0.443. The van der Waals surface area contributed by atoms with Crippen LogP contribution in [0.15, 0.2) is 30.3 Å². The van der Waals surface area contributed by atoms with E-state index in [9.17, 15) is 4.79 Å². The maximum absolute atomic E-state index is 11.7. The first-order chi connectivity index (χ1) is 7.81. The molecule has 0 aromatic heterocycles. The van der Waals surface area contributed by atoms with E-state index in [1.54, 1.807) is 0 Å². The molecule has 86 valence electrons. The molecule has 1 aromatic rings. The lowest BCUT2D eigenvalue weighted by molar-refractivity contribution is -0.129. The van der Waals surface area contributed by atoms with Crippen molar-refractivity contribution < 1.29 is 4.79 Å². The summed E-state index contributed by atoms with van der Waals surface area (Å²) < 4.78 is 0. The Morgan fingerprint density at radius 1 is 1.38 bits per heavy atom. The Kier molecular flexibility index (Phi) is 3.99. The molecule has 1 aliphatic heterocycles. The van der Waals surface area contributed by atoms with Crippen molar-refractivity contribution in [3.8, 4) is 0 Å². The summed E-state index contributed by atoms with van der Waals surface area (Å²) in [6.07, 6.45) is 3.25. The average molecular weight is 282 g/mol. The van der Waals surface area contributed by atoms with Gasteiger partial charge in [0.05, 0.1) is 5.33 Å². The molecule has 16 heavy (non-hydrogen) atoms. The molecule has 1 saturated heterocycles. The van der Waals surface area contributed by atoms with E-state index >= 15 is 0 Å². The second kappa shape index (κ2) is 5.48. The van der Waals surface area contributed by atoms with Crippen molar-refractivity contribution in [2.45, 2.75) is 25.3 Å². The Morgan fingerprint density at radius 2 is 2.12 bits per heavy atom. The molecule has 0 bridgehead atoms. The van der Waals surface area contributed by atoms with E-state index in [2.05, 4.69) is 40.2 Å². The lowest BCUT2D eigenvalue weighted by Crippen LogP contribution is -2.37. The number of rotatable bonds is 3. The molecule has 1 aliphatic rings. The van der Waals surface area contributed by atoms with Crippen LogP contribution in [0.2, 0.25) is 0 Å². The van der Waals surface area contributed by atoms with E-state index < -0.39 is 0 Å². The van der Waals surface area contributed by atoms with Gasteiger partial charge in [-0.15, -0.1) is 0 Å². The van der Waals surface area contributed by atoms with Gasteiger partial charge in [0.2, 0.25) is 5.91 Å². The van der Waals surface area contributed by atoms with E-state index in [0.717, 1.165) is 25.8 Å². The Hall–Kier alpha value is -0.830. The molecule has 2 nitrogen and oxygen atoms in total. The number of carbonyl (C=O) groups is 1. The Labute approximate surface area is 105 Å². The van der Waals surface area contributed by atoms with Gasteiger partial charge in [-0.1, -0.05) is 46.3 Å². The second-order valence-corrected chi connectivity index (χ2v) is 4.77. The number of likely N-dealkylation sites (tertiary alicyclic amines) is 1. The summed E-state index contributed by atoms with van der Waals surface area (Å²) in [6.45, 7) is 0.919. The van der Waals surface area contributed by atoms with Crippen LogP contribution in [0, 0.1) is 0 Å². The summed E-state index contributed by atoms with van der Waals surface area (Å²) >= 11 is 3.25. The number of amides is 1. The van der Waals surface area contributed by atoms with Gasteiger partial charge in [0, 0.05) is 12.6 Å². The number of carbonyl (C=O) groups excluding carboxylic acids is 1. The lowest BCUT2D eigenvalue weighted by atomic mass is 10.0. The van der Waals surface area contributed by atoms with E-state index in [4.69, 9.17) is 0 Å². The van der Waals surface area contributed by atoms with Crippen molar-refractivity contribution in [3.63, 3.8) is 0 Å². The Bertz CT molecular complexity index is 352. The summed E-state index contributed by atoms with van der Waals surface area (Å²) in [5.74, 6) is 0.221. The third-order valence-electron chi connectivity index (χ3n) is 3.13. The summed E-state index contributed by atoms with van der Waals surface area (Å²) in [4.78, 5) is 13.7. The zero-order valence-corrected chi connectivity index (χ0v) is 10.8. The highest BCUT2D eigenvalue weighted by molar-refractivity contribution is 9.09. The molecule has 1 fully saturated rings. The zero-order valence-electron chi connectivity index (χ0n) is 9.23. The maximum atomic E-state index is 11.7. The lowest BCUT2D eigenvalue weighted by Gasteiger charge is -2.24. The minimum atomic E-state index is 0.221. The Morgan fingerprint density at radius 3 is 2.81 bits per heavy atom. The fraction of sp³-hybridized carbons (Fsp3) is 0.462. The van der Waals surface area contributed by atoms with Crippen LogP contribution >= 0.6 is 15.9 Å². The van der Waals surface area contributed by atoms with Crippen LogP contribution in [0.25, 0.3) is 0 Å². The van der Waals surface area contributed by atoms with Crippen LogP contribution in [0.5, 0.6) is 0 Å². The monoisotopic (exact) mass is 281 g/mol. The van der Waals surface area contributed by atoms with E-state index in [-0.39, 0.29) is 5.91 Å². The number of hydrogen-bond acceptors (Lipinski definition) is 1. The first kappa shape index (κ1) is 11.6. The predicted molar refractivity (Wildman–Crippen MR) is 68.7 cm³/mol. The fourth-order valence-corrected chi connectivity index (χ4v) is 2.66. The number of hydrogen-bond donors (Lipinski definition) is 0. The van der Waals surface area contributed by atoms with Gasteiger partial charge in [0.25, 0.3) is 0 Å². The smallest absolute Gasteiger partial charge is 0.233 e. The van der Waals surface area contributed by atoms with Gasteiger partial charge in [0.1, 0.15) is 0 Å². The van der Waals surface area contributed by atoms with Gasteiger partial charge in [-0.2, -0.15) is 0 Å². The minimum Gasteiger partial charge on any atom is -0.339 e. The quantitative estimate of drug-likeness (QED) is 0.780. The fourth-order valence-electron chi connectivity index (χ4n) is 2.34. The van der Waals surface area contributed by atoms with Crippen molar-refractivity contribution in [3.05, 3.63) is 35.9 Å². The largest absolute Gasteiger partial charge is 0.339 e. The molecule has 0 aliphatic carbocycles. The molecule has 1 atom stereocenters. The third-order valence-corrected chi connectivity index (χ3v) is 3.61. The standard InChI is InChI=1S/C13H16BrNO/c14-10-13(16)15-8-4-7-12(15)9-11-5-2-1-3-6-11/h1-3,5-6,12H,4,7-10H2. The third kappa shape index (κ3) is 2.64. The van der Waals surface area contributed by atoms with E-state index in [0.29, 0.717) is 11.4 Å². The molecule has 1 heterocycles. The molecule has 0 spiro atoms. The molecule has 3 heteroatoms. The highest BCUT2D eigenvalue weighted by atomic mass is 79.9. The minimum absolute atomic E-state index is 0.221. The summed E-state index contributed by atoms with van der Waals surface area (Å²) in [7, 11) is 0. The first-order valence-electron chi connectivity index (χ1n) is 5.70. The Balaban J connectivity index is 2.01. The van der Waals surface area contributed by atoms with Gasteiger partial charge in [-0.25, -0.2) is 0 Å². The number of halogens is 1. The van der Waals surface area contributed by atoms with Crippen LogP contribution in [-0.4, -0.2) is 28.7 Å². The van der Waals surface area contributed by atoms with Crippen molar-refractivity contribution in [2.24, 2.45) is 0 Å². The second-order valence-electron chi connectivity index (χ2n) is 4.21. The molecule has 1 amide bonds. The number of benzene rings is 1. The molecule has 0 saturated carbocycles. The van der Waals surface area contributed by atoms with Crippen molar-refractivity contribution in [1.29, 1.82) is 0 Å². The molecule has 0 N–H and O–H groups in total. The van der Waals surface area contributed by atoms with Gasteiger partial charge >= 0.3 is 0 Å². The topological polar surface area (TPSA) is 20.3 Å². The molecule has 1 unspecified atom stereocenters. The maximum Gasteiger partial charge on any atom is 0.233 e.